The normalized spacial score (nSPS) is 11.3. The molecule has 0 fully saturated rings. The first kappa shape index (κ1) is 13.4. The van der Waals surface area contributed by atoms with Crippen molar-refractivity contribution < 1.29 is 21.6 Å². The molecule has 2 rings (SSSR count). The van der Waals surface area contributed by atoms with Crippen LogP contribution in [0.1, 0.15) is 0 Å². The fraction of sp³-hybridized carbons (Fsp3) is 0. The minimum absolute atomic E-state index is 0.112. The van der Waals surface area contributed by atoms with E-state index in [0.717, 1.165) is 6.07 Å². The number of halogens is 3. The standard InChI is InChI=1S/C12H8F3NO2S/c13-9-6-7-10(12(15)11(9)14)16-19(17,18)8-4-2-1-3-5-8/h1-7,16H. The van der Waals surface area contributed by atoms with Gasteiger partial charge in [-0.3, -0.25) is 4.72 Å². The van der Waals surface area contributed by atoms with Crippen molar-refractivity contribution in [3.8, 4) is 0 Å². The summed E-state index contributed by atoms with van der Waals surface area (Å²) in [5.41, 5.74) is -0.650. The molecule has 0 aromatic heterocycles. The molecule has 19 heavy (non-hydrogen) atoms. The summed E-state index contributed by atoms with van der Waals surface area (Å²) in [5, 5.41) is 0. The topological polar surface area (TPSA) is 46.2 Å². The summed E-state index contributed by atoms with van der Waals surface area (Å²) < 4.78 is 64.6. The number of rotatable bonds is 3. The maximum Gasteiger partial charge on any atom is 0.261 e. The number of sulfonamides is 1. The molecule has 0 atom stereocenters. The van der Waals surface area contributed by atoms with Crippen LogP contribution in [0.15, 0.2) is 47.4 Å². The van der Waals surface area contributed by atoms with E-state index >= 15 is 0 Å². The van der Waals surface area contributed by atoms with Crippen molar-refractivity contribution in [1.82, 2.24) is 0 Å². The molecule has 0 saturated carbocycles. The molecule has 0 saturated heterocycles. The smallest absolute Gasteiger partial charge is 0.261 e. The zero-order valence-electron chi connectivity index (χ0n) is 9.40. The highest BCUT2D eigenvalue weighted by Gasteiger charge is 2.19. The van der Waals surface area contributed by atoms with Crippen LogP contribution in [0.2, 0.25) is 0 Å². The lowest BCUT2D eigenvalue weighted by atomic mass is 10.3. The van der Waals surface area contributed by atoms with Gasteiger partial charge in [-0.1, -0.05) is 18.2 Å². The molecule has 0 bridgehead atoms. The van der Waals surface area contributed by atoms with E-state index in [4.69, 9.17) is 0 Å². The van der Waals surface area contributed by atoms with Crippen molar-refractivity contribution in [2.24, 2.45) is 0 Å². The molecule has 0 amide bonds. The van der Waals surface area contributed by atoms with Gasteiger partial charge in [-0.05, 0) is 24.3 Å². The van der Waals surface area contributed by atoms with Crippen molar-refractivity contribution in [2.75, 3.05) is 4.72 Å². The van der Waals surface area contributed by atoms with Crippen LogP contribution in [0, 0.1) is 17.5 Å². The molecule has 7 heteroatoms. The lowest BCUT2D eigenvalue weighted by Gasteiger charge is -2.09. The Bertz CT molecular complexity index is 702. The Morgan fingerprint density at radius 1 is 0.842 bits per heavy atom. The lowest BCUT2D eigenvalue weighted by Crippen LogP contribution is -2.14. The summed E-state index contributed by atoms with van der Waals surface area (Å²) in [7, 11) is -4.04. The van der Waals surface area contributed by atoms with Gasteiger partial charge in [0, 0.05) is 0 Å². The minimum Gasteiger partial charge on any atom is -0.277 e. The van der Waals surface area contributed by atoms with Crippen molar-refractivity contribution in [2.45, 2.75) is 4.90 Å². The van der Waals surface area contributed by atoms with Crippen molar-refractivity contribution in [1.29, 1.82) is 0 Å². The fourth-order valence-corrected chi connectivity index (χ4v) is 2.49. The van der Waals surface area contributed by atoms with Gasteiger partial charge in [0.1, 0.15) is 0 Å². The maximum absolute atomic E-state index is 13.4. The lowest BCUT2D eigenvalue weighted by molar-refractivity contribution is 0.449. The van der Waals surface area contributed by atoms with Crippen LogP contribution >= 0.6 is 0 Å². The summed E-state index contributed by atoms with van der Waals surface area (Å²) in [6.07, 6.45) is 0. The number of anilines is 1. The largest absolute Gasteiger partial charge is 0.277 e. The summed E-state index contributed by atoms with van der Waals surface area (Å²) >= 11 is 0. The van der Waals surface area contributed by atoms with Gasteiger partial charge in [-0.15, -0.1) is 0 Å². The quantitative estimate of drug-likeness (QED) is 0.882. The van der Waals surface area contributed by atoms with Crippen LogP contribution in [0.3, 0.4) is 0 Å². The third-order valence-electron chi connectivity index (χ3n) is 2.33. The molecule has 0 unspecified atom stereocenters. The van der Waals surface area contributed by atoms with Gasteiger partial charge in [0.25, 0.3) is 10.0 Å². The highest BCUT2D eigenvalue weighted by Crippen LogP contribution is 2.22. The molecule has 0 spiro atoms. The second kappa shape index (κ2) is 4.93. The molecule has 0 aliphatic heterocycles. The molecule has 3 nitrogen and oxygen atoms in total. The van der Waals surface area contributed by atoms with Crippen LogP contribution < -0.4 is 4.72 Å². The highest BCUT2D eigenvalue weighted by molar-refractivity contribution is 7.92. The van der Waals surface area contributed by atoms with E-state index in [1.807, 2.05) is 4.72 Å². The van der Waals surface area contributed by atoms with E-state index in [1.165, 1.54) is 24.3 Å². The van der Waals surface area contributed by atoms with E-state index in [1.54, 1.807) is 6.07 Å². The molecule has 2 aromatic carbocycles. The Morgan fingerprint density at radius 3 is 2.11 bits per heavy atom. The first-order valence-corrected chi connectivity index (χ1v) is 6.61. The molecule has 100 valence electrons. The van der Waals surface area contributed by atoms with Crippen LogP contribution in [0.5, 0.6) is 0 Å². The number of nitrogens with one attached hydrogen (secondary N) is 1. The molecule has 1 N–H and O–H groups in total. The molecule has 0 aliphatic rings. The SMILES string of the molecule is O=S(=O)(Nc1ccc(F)c(F)c1F)c1ccccc1. The van der Waals surface area contributed by atoms with Gasteiger partial charge in [0.2, 0.25) is 0 Å². The monoisotopic (exact) mass is 287 g/mol. The third-order valence-corrected chi connectivity index (χ3v) is 3.71. The van der Waals surface area contributed by atoms with Crippen LogP contribution in [0.25, 0.3) is 0 Å². The van der Waals surface area contributed by atoms with Crippen molar-refractivity contribution >= 4 is 15.7 Å². The molecule has 0 radical (unpaired) electrons. The minimum atomic E-state index is -4.04. The molecular weight excluding hydrogens is 279 g/mol. The van der Waals surface area contributed by atoms with Gasteiger partial charge >= 0.3 is 0 Å². The average Bonchev–Trinajstić information content (AvgIpc) is 2.40. The van der Waals surface area contributed by atoms with E-state index < -0.39 is 33.2 Å². The Hall–Kier alpha value is -2.02. The van der Waals surface area contributed by atoms with Gasteiger partial charge < -0.3 is 0 Å². The van der Waals surface area contributed by atoms with E-state index in [-0.39, 0.29) is 4.90 Å². The van der Waals surface area contributed by atoms with Gasteiger partial charge in [-0.2, -0.15) is 0 Å². The predicted octanol–water partition coefficient (Wildman–Crippen LogP) is 2.90. The Labute approximate surface area is 107 Å². The zero-order valence-corrected chi connectivity index (χ0v) is 10.2. The molecule has 0 heterocycles. The second-order valence-electron chi connectivity index (χ2n) is 3.64. The van der Waals surface area contributed by atoms with Gasteiger partial charge in [0.15, 0.2) is 17.5 Å². The Balaban J connectivity index is 2.40. The second-order valence-corrected chi connectivity index (χ2v) is 5.32. The van der Waals surface area contributed by atoms with Crippen LogP contribution in [-0.4, -0.2) is 8.42 Å². The maximum atomic E-state index is 13.4. The van der Waals surface area contributed by atoms with Crippen LogP contribution in [0.4, 0.5) is 18.9 Å². The summed E-state index contributed by atoms with van der Waals surface area (Å²) in [4.78, 5) is -0.112. The first-order valence-electron chi connectivity index (χ1n) is 5.13. The average molecular weight is 287 g/mol. The van der Waals surface area contributed by atoms with Gasteiger partial charge in [-0.25, -0.2) is 21.6 Å². The van der Waals surface area contributed by atoms with Crippen molar-refractivity contribution in [3.63, 3.8) is 0 Å². The summed E-state index contributed by atoms with van der Waals surface area (Å²) in [6.45, 7) is 0. The highest BCUT2D eigenvalue weighted by atomic mass is 32.2. The third kappa shape index (κ3) is 2.70. The fourth-order valence-electron chi connectivity index (χ4n) is 1.41. The van der Waals surface area contributed by atoms with E-state index in [9.17, 15) is 21.6 Å². The first-order chi connectivity index (χ1) is 8.92. The molecule has 0 aliphatic carbocycles. The Kier molecular flexibility index (Phi) is 3.48. The molecular formula is C12H8F3NO2S. The Morgan fingerprint density at radius 2 is 1.47 bits per heavy atom. The number of benzene rings is 2. The number of hydrogen-bond donors (Lipinski definition) is 1. The van der Waals surface area contributed by atoms with E-state index in [0.29, 0.717) is 6.07 Å². The van der Waals surface area contributed by atoms with E-state index in [2.05, 4.69) is 0 Å². The zero-order chi connectivity index (χ0) is 14.0. The number of hydrogen-bond acceptors (Lipinski definition) is 2. The summed E-state index contributed by atoms with van der Waals surface area (Å²) in [5.74, 6) is -4.70. The predicted molar refractivity (Wildman–Crippen MR) is 63.6 cm³/mol. The molecule has 2 aromatic rings. The van der Waals surface area contributed by atoms with Crippen LogP contribution in [-0.2, 0) is 10.0 Å². The summed E-state index contributed by atoms with van der Waals surface area (Å²) in [6, 6.07) is 8.61. The van der Waals surface area contributed by atoms with Gasteiger partial charge in [0.05, 0.1) is 10.6 Å². The van der Waals surface area contributed by atoms with Crippen molar-refractivity contribution in [3.05, 3.63) is 59.9 Å².